The Balaban J connectivity index is 1.24. The van der Waals surface area contributed by atoms with Crippen LogP contribution in [0.1, 0.15) is 63.5 Å². The first-order valence-corrected chi connectivity index (χ1v) is 22.4. The molecule has 0 aliphatic rings. The van der Waals surface area contributed by atoms with E-state index >= 15 is 0 Å². The summed E-state index contributed by atoms with van der Waals surface area (Å²) in [6.07, 6.45) is 13.1. The quantitative estimate of drug-likeness (QED) is 0.0963. The van der Waals surface area contributed by atoms with Crippen molar-refractivity contribution in [3.8, 4) is 78.4 Å². The molecule has 0 saturated carbocycles. The highest BCUT2D eigenvalue weighted by Gasteiger charge is 2.16. The van der Waals surface area contributed by atoms with Gasteiger partial charge >= 0.3 is 0 Å². The first-order valence-electron chi connectivity index (χ1n) is 22.4. The molecular weight excluding hydrogens is 761 g/mol. The Hall–Kier alpha value is -7.16. The second-order valence-corrected chi connectivity index (χ2v) is 16.7. The van der Waals surface area contributed by atoms with Crippen LogP contribution in [-0.2, 0) is 0 Å². The van der Waals surface area contributed by atoms with Crippen molar-refractivity contribution in [3.05, 3.63) is 230 Å². The SMILES string of the molecule is C=CC(C/C=C\C)c1cc(-c2ccccc2)cc(-c2cccc(-c3cc(-c4ccccc4)nc(-c4cccc(-c5cc(-c6ccccc6)cc([C@@H](/C=C\C(C)C)CC)c5)c4)n3)c2)c1. The Morgan fingerprint density at radius 2 is 0.873 bits per heavy atom. The third-order valence-electron chi connectivity index (χ3n) is 11.8. The molecule has 0 aliphatic carbocycles. The van der Waals surface area contributed by atoms with E-state index in [-0.39, 0.29) is 5.92 Å². The van der Waals surface area contributed by atoms with Crippen molar-refractivity contribution in [2.45, 2.75) is 52.4 Å². The molecule has 1 heterocycles. The zero-order valence-electron chi connectivity index (χ0n) is 37.0. The largest absolute Gasteiger partial charge is 0.228 e. The zero-order chi connectivity index (χ0) is 43.5. The maximum absolute atomic E-state index is 5.35. The van der Waals surface area contributed by atoms with Gasteiger partial charge in [-0.25, -0.2) is 9.97 Å². The van der Waals surface area contributed by atoms with Gasteiger partial charge in [-0.3, -0.25) is 0 Å². The first-order chi connectivity index (χ1) is 30.9. The van der Waals surface area contributed by atoms with E-state index in [0.29, 0.717) is 17.7 Å². The van der Waals surface area contributed by atoms with E-state index in [0.717, 1.165) is 57.6 Å². The normalized spacial score (nSPS) is 12.5. The first kappa shape index (κ1) is 42.5. The Morgan fingerprint density at radius 3 is 1.38 bits per heavy atom. The van der Waals surface area contributed by atoms with Gasteiger partial charge in [-0.05, 0) is 112 Å². The van der Waals surface area contributed by atoms with Gasteiger partial charge in [0.1, 0.15) is 0 Å². The summed E-state index contributed by atoms with van der Waals surface area (Å²) in [4.78, 5) is 10.6. The van der Waals surface area contributed by atoms with E-state index in [1.807, 2.05) is 6.07 Å². The highest BCUT2D eigenvalue weighted by atomic mass is 14.9. The number of aromatic nitrogens is 2. The molecule has 1 aromatic heterocycles. The highest BCUT2D eigenvalue weighted by molar-refractivity contribution is 5.81. The van der Waals surface area contributed by atoms with E-state index in [2.05, 4.69) is 241 Å². The van der Waals surface area contributed by atoms with Crippen molar-refractivity contribution < 1.29 is 0 Å². The summed E-state index contributed by atoms with van der Waals surface area (Å²) in [5, 5.41) is 0. The van der Waals surface area contributed by atoms with E-state index in [4.69, 9.17) is 9.97 Å². The van der Waals surface area contributed by atoms with Crippen molar-refractivity contribution in [1.82, 2.24) is 9.97 Å². The van der Waals surface area contributed by atoms with Crippen LogP contribution in [0, 0.1) is 5.92 Å². The molecule has 0 bridgehead atoms. The average Bonchev–Trinajstić information content (AvgIpc) is 3.35. The summed E-state index contributed by atoms with van der Waals surface area (Å²) in [7, 11) is 0. The molecule has 2 nitrogen and oxygen atoms in total. The predicted molar refractivity (Wildman–Crippen MR) is 269 cm³/mol. The fraction of sp³-hybridized carbons (Fsp3) is 0.148. The molecule has 0 radical (unpaired) electrons. The molecule has 7 aromatic carbocycles. The molecule has 0 saturated heterocycles. The summed E-state index contributed by atoms with van der Waals surface area (Å²) in [6.45, 7) is 13.1. The topological polar surface area (TPSA) is 25.8 Å². The van der Waals surface area contributed by atoms with Crippen molar-refractivity contribution in [2.75, 3.05) is 0 Å². The molecule has 0 N–H and O–H groups in total. The lowest BCUT2D eigenvalue weighted by atomic mass is 9.88. The standard InChI is InChI=1S/C61H56N2/c1-6-9-21-44(7-2)53-36-55(46-22-13-10-14-23-46)40-57(38-53)49-28-19-30-51(34-49)60-42-59(48-26-17-12-18-27-48)62-61(63-60)52-31-20-29-50(35-52)58-39-54(45(8-3)33-32-43(4)5)37-56(41-58)47-24-15-11-16-25-47/h6-7,9-20,22-45H,2,8,21H2,1,3-5H3/b9-6-,33-32-/t44?,45-/m1/s1. The summed E-state index contributed by atoms with van der Waals surface area (Å²) in [5.41, 5.74) is 16.8. The average molecular weight is 817 g/mol. The summed E-state index contributed by atoms with van der Waals surface area (Å²) in [5.74, 6) is 1.70. The molecule has 0 amide bonds. The van der Waals surface area contributed by atoms with Gasteiger partial charge in [0.2, 0.25) is 0 Å². The molecular formula is C61H56N2. The molecule has 0 spiro atoms. The van der Waals surface area contributed by atoms with Crippen molar-refractivity contribution >= 4 is 0 Å². The van der Waals surface area contributed by atoms with Crippen LogP contribution in [0.3, 0.4) is 0 Å². The van der Waals surface area contributed by atoms with Crippen molar-refractivity contribution in [1.29, 1.82) is 0 Å². The minimum Gasteiger partial charge on any atom is -0.228 e. The second kappa shape index (κ2) is 20.1. The lowest BCUT2D eigenvalue weighted by molar-refractivity contribution is 0.773. The van der Waals surface area contributed by atoms with Gasteiger partial charge in [-0.2, -0.15) is 0 Å². The summed E-state index contributed by atoms with van der Waals surface area (Å²) >= 11 is 0. The van der Waals surface area contributed by atoms with Crippen LogP contribution in [0.25, 0.3) is 78.4 Å². The molecule has 63 heavy (non-hydrogen) atoms. The lowest BCUT2D eigenvalue weighted by Crippen LogP contribution is -1.98. The van der Waals surface area contributed by atoms with Gasteiger partial charge in [0, 0.05) is 28.5 Å². The van der Waals surface area contributed by atoms with Crippen LogP contribution < -0.4 is 0 Å². The van der Waals surface area contributed by atoms with Crippen molar-refractivity contribution in [2.24, 2.45) is 5.92 Å². The maximum atomic E-state index is 5.35. The van der Waals surface area contributed by atoms with Crippen LogP contribution in [0.4, 0.5) is 0 Å². The third kappa shape index (κ3) is 10.3. The molecule has 8 aromatic rings. The Bertz CT molecular complexity index is 2850. The minimum absolute atomic E-state index is 0.197. The molecule has 8 rings (SSSR count). The monoisotopic (exact) mass is 816 g/mol. The van der Waals surface area contributed by atoms with Gasteiger partial charge in [-0.1, -0.05) is 203 Å². The number of hydrogen-bond acceptors (Lipinski definition) is 2. The Labute approximate surface area is 375 Å². The van der Waals surface area contributed by atoms with E-state index < -0.39 is 0 Å². The molecule has 2 atom stereocenters. The van der Waals surface area contributed by atoms with E-state index in [9.17, 15) is 0 Å². The third-order valence-corrected chi connectivity index (χ3v) is 11.8. The summed E-state index contributed by atoms with van der Waals surface area (Å²) < 4.78 is 0. The number of nitrogens with zero attached hydrogens (tertiary/aromatic N) is 2. The highest BCUT2D eigenvalue weighted by Crippen LogP contribution is 2.37. The smallest absolute Gasteiger partial charge is 0.160 e. The summed E-state index contributed by atoms with van der Waals surface area (Å²) in [6, 6.07) is 65.5. The van der Waals surface area contributed by atoms with Gasteiger partial charge in [0.25, 0.3) is 0 Å². The van der Waals surface area contributed by atoms with Gasteiger partial charge in [0.15, 0.2) is 5.82 Å². The zero-order valence-corrected chi connectivity index (χ0v) is 37.0. The number of rotatable bonds is 15. The van der Waals surface area contributed by atoms with Crippen LogP contribution in [0.2, 0.25) is 0 Å². The number of benzene rings is 7. The van der Waals surface area contributed by atoms with Crippen LogP contribution in [-0.4, -0.2) is 9.97 Å². The fourth-order valence-corrected chi connectivity index (χ4v) is 8.33. The predicted octanol–water partition coefficient (Wildman–Crippen LogP) is 17.1. The Morgan fingerprint density at radius 1 is 0.444 bits per heavy atom. The minimum atomic E-state index is 0.197. The molecule has 0 aliphatic heterocycles. The second-order valence-electron chi connectivity index (χ2n) is 16.7. The van der Waals surface area contributed by atoms with Gasteiger partial charge in [-0.15, -0.1) is 6.58 Å². The lowest BCUT2D eigenvalue weighted by Gasteiger charge is -2.17. The fourth-order valence-electron chi connectivity index (χ4n) is 8.33. The van der Waals surface area contributed by atoms with E-state index in [1.165, 1.54) is 38.9 Å². The van der Waals surface area contributed by atoms with Crippen LogP contribution in [0.5, 0.6) is 0 Å². The molecule has 0 fully saturated rings. The molecule has 310 valence electrons. The molecule has 1 unspecified atom stereocenters. The van der Waals surface area contributed by atoms with Gasteiger partial charge < -0.3 is 0 Å². The van der Waals surface area contributed by atoms with Crippen molar-refractivity contribution in [3.63, 3.8) is 0 Å². The number of hydrogen-bond donors (Lipinski definition) is 0. The van der Waals surface area contributed by atoms with Crippen LogP contribution >= 0.6 is 0 Å². The van der Waals surface area contributed by atoms with Gasteiger partial charge in [0.05, 0.1) is 11.4 Å². The van der Waals surface area contributed by atoms with E-state index in [1.54, 1.807) is 0 Å². The maximum Gasteiger partial charge on any atom is 0.160 e. The molecule has 2 heteroatoms. The Kier molecular flexibility index (Phi) is 13.6. The number of allylic oxidation sites excluding steroid dienone is 5. The van der Waals surface area contributed by atoms with Crippen LogP contribution in [0.15, 0.2) is 219 Å².